The lowest BCUT2D eigenvalue weighted by molar-refractivity contribution is -0.161. The van der Waals surface area contributed by atoms with E-state index in [4.69, 9.17) is 37.0 Å². The van der Waals surface area contributed by atoms with Crippen molar-refractivity contribution in [2.75, 3.05) is 39.6 Å². The molecule has 5 unspecified atom stereocenters. The fourth-order valence-electron chi connectivity index (χ4n) is 9.55. The van der Waals surface area contributed by atoms with Gasteiger partial charge in [-0.2, -0.15) is 0 Å². The minimum absolute atomic E-state index is 0.0615. The molecule has 0 aliphatic carbocycles. The Labute approximate surface area is 628 Å². The van der Waals surface area contributed by atoms with Gasteiger partial charge in [-0.1, -0.05) is 274 Å². The molecule has 0 saturated carbocycles. The summed E-state index contributed by atoms with van der Waals surface area (Å²) in [6, 6.07) is 0. The van der Waals surface area contributed by atoms with Gasteiger partial charge < -0.3 is 33.8 Å². The predicted molar refractivity (Wildman–Crippen MR) is 426 cm³/mol. The molecule has 19 heteroatoms. The van der Waals surface area contributed by atoms with Gasteiger partial charge in [0.05, 0.1) is 32.8 Å². The minimum atomic E-state index is -5.01. The molecule has 588 valence electrons. The lowest BCUT2D eigenvalue weighted by atomic mass is 10.1. The second-order valence-electron chi connectivity index (χ2n) is 25.2. The van der Waals surface area contributed by atoms with Gasteiger partial charge in [0, 0.05) is 19.3 Å². The first kappa shape index (κ1) is 98.2. The van der Waals surface area contributed by atoms with E-state index in [2.05, 4.69) is 186 Å². The van der Waals surface area contributed by atoms with Gasteiger partial charge in [0.25, 0.3) is 0 Å². The molecule has 0 spiro atoms. The van der Waals surface area contributed by atoms with Crippen molar-refractivity contribution in [1.82, 2.24) is 0 Å². The van der Waals surface area contributed by atoms with E-state index in [1.807, 2.05) is 12.2 Å². The maximum Gasteiger partial charge on any atom is 0.472 e. The van der Waals surface area contributed by atoms with Gasteiger partial charge in [-0.3, -0.25) is 37.3 Å². The van der Waals surface area contributed by atoms with Crippen LogP contribution in [0.3, 0.4) is 0 Å². The first-order chi connectivity index (χ1) is 50.7. The van der Waals surface area contributed by atoms with E-state index in [1.54, 1.807) is 12.2 Å². The molecule has 0 aromatic heterocycles. The smallest absolute Gasteiger partial charge is 0.462 e. The third-order valence-corrected chi connectivity index (χ3v) is 17.3. The number of phosphoric acid groups is 2. The van der Waals surface area contributed by atoms with Crippen molar-refractivity contribution in [2.45, 2.75) is 290 Å². The first-order valence-corrected chi connectivity index (χ1v) is 42.0. The molecular weight excluding hydrogens is 1350 g/mol. The molecule has 5 atom stereocenters. The number of aliphatic hydroxyl groups excluding tert-OH is 1. The fraction of sp³-hybridized carbons (Fsp3) is 0.600. The monoisotopic (exact) mass is 1490 g/mol. The average Bonchev–Trinajstić information content (AvgIpc) is 0.939. The number of carbonyl (C=O) groups excluding carboxylic acids is 4. The van der Waals surface area contributed by atoms with Crippen LogP contribution in [0, 0.1) is 0 Å². The summed E-state index contributed by atoms with van der Waals surface area (Å²) in [4.78, 5) is 72.9. The summed E-state index contributed by atoms with van der Waals surface area (Å²) in [6.45, 7) is 4.26. The summed E-state index contributed by atoms with van der Waals surface area (Å²) in [5.41, 5.74) is 0. The Morgan fingerprint density at radius 1 is 0.288 bits per heavy atom. The molecule has 0 rings (SSSR count). The van der Waals surface area contributed by atoms with Gasteiger partial charge in [-0.05, 0) is 154 Å². The quantitative estimate of drug-likeness (QED) is 0.0169. The third kappa shape index (κ3) is 74.4. The van der Waals surface area contributed by atoms with Crippen molar-refractivity contribution >= 4 is 39.5 Å². The number of unbranched alkanes of at least 4 members (excludes halogenated alkanes) is 16. The summed E-state index contributed by atoms with van der Waals surface area (Å²) in [6.07, 6.45) is 90.5. The number of allylic oxidation sites excluding steroid dienone is 29. The molecule has 0 aliphatic heterocycles. The van der Waals surface area contributed by atoms with Crippen LogP contribution in [-0.4, -0.2) is 96.7 Å². The Morgan fingerprint density at radius 3 is 0.865 bits per heavy atom. The van der Waals surface area contributed by atoms with Gasteiger partial charge >= 0.3 is 39.5 Å². The topological polar surface area (TPSA) is 237 Å². The summed E-state index contributed by atoms with van der Waals surface area (Å²) in [5, 5.41) is 10.6. The zero-order chi connectivity index (χ0) is 76.0. The number of aliphatic hydroxyl groups is 1. The van der Waals surface area contributed by atoms with Crippen molar-refractivity contribution in [2.24, 2.45) is 0 Å². The maximum absolute atomic E-state index is 13.1. The number of ether oxygens (including phenoxy) is 4. The summed E-state index contributed by atoms with van der Waals surface area (Å²) >= 11 is 0. The Bertz CT molecular complexity index is 2690. The highest BCUT2D eigenvalue weighted by atomic mass is 31.2. The number of rotatable bonds is 71. The predicted octanol–water partition coefficient (Wildman–Crippen LogP) is 22.8. The van der Waals surface area contributed by atoms with Crippen LogP contribution in [0.2, 0.25) is 0 Å². The largest absolute Gasteiger partial charge is 0.472 e. The van der Waals surface area contributed by atoms with E-state index in [0.29, 0.717) is 25.7 Å². The van der Waals surface area contributed by atoms with Crippen molar-refractivity contribution < 1.29 is 80.2 Å². The standard InChI is InChI=1S/C85H136O17P2/c1-5-9-13-17-21-25-29-33-36-38-39-41-44-47-50-54-58-62-66-70-83(88)95-75-80(101-84(89)71-67-63-59-55-51-45-32-28-24-20-16-12-8-4)77-99-103(91,92)97-73-79(86)74-98-104(93,94)100-78-81(102-85(90)72-68-64-60-56-52-48-42-35-31-27-23-19-15-11-7-3)76-96-82(87)69-65-61-57-53-49-46-43-40-37-34-30-26-22-18-14-10-6-2/h9-11,13-16,20-23,25-28,32-37,39,41-42,47,50,52,56,64,68,79-81,86H,5-8,12,17-19,24,29-31,38,40,43-46,48-49,51,53-55,57-63,65-67,69-78H2,1-4H3,(H,91,92)(H,93,94)/b13-9-,14-10-,15-11-,20-16-,25-21-,26-22-,27-23-,32-28-,36-33-,37-34-,41-39-,42-35-,50-47-,56-52-,68-64-. The highest BCUT2D eigenvalue weighted by Crippen LogP contribution is 2.45. The maximum atomic E-state index is 13.1. The molecule has 0 aromatic rings. The fourth-order valence-corrected chi connectivity index (χ4v) is 11.1. The van der Waals surface area contributed by atoms with Crippen LogP contribution in [0.25, 0.3) is 0 Å². The zero-order valence-corrected chi connectivity index (χ0v) is 65.9. The van der Waals surface area contributed by atoms with Gasteiger partial charge in [0.15, 0.2) is 12.2 Å². The number of hydrogen-bond acceptors (Lipinski definition) is 15. The molecule has 0 bridgehead atoms. The van der Waals surface area contributed by atoms with Crippen LogP contribution in [0.4, 0.5) is 0 Å². The third-order valence-electron chi connectivity index (χ3n) is 15.4. The van der Waals surface area contributed by atoms with E-state index in [-0.39, 0.29) is 25.7 Å². The van der Waals surface area contributed by atoms with Crippen molar-refractivity contribution in [1.29, 1.82) is 0 Å². The summed E-state index contributed by atoms with van der Waals surface area (Å²) in [7, 11) is -10.0. The first-order valence-electron chi connectivity index (χ1n) is 39.0. The Balaban J connectivity index is 5.47. The van der Waals surface area contributed by atoms with Crippen LogP contribution in [0.1, 0.15) is 272 Å². The van der Waals surface area contributed by atoms with Crippen LogP contribution >= 0.6 is 15.6 Å². The van der Waals surface area contributed by atoms with Gasteiger partial charge in [-0.25, -0.2) is 9.13 Å². The SMILES string of the molecule is CC/C=C\C/C=C\C/C=C\C/C=C\C/C=C\CCCCCC(=O)OCC(COP(=O)(O)OCC(O)COP(=O)(O)OCC(COC(=O)CCCCCCCCC/C=C\C/C=C\C/C=C\CC)OC(=O)C/C=C\C/C=C\C/C=C\C/C=C\C/C=C\CC)OC(=O)CCCCCCC/C=C\C/C=C\CCC. The Kier molecular flexibility index (Phi) is 71.2. The second-order valence-corrected chi connectivity index (χ2v) is 28.1. The van der Waals surface area contributed by atoms with E-state index < -0.39 is 97.5 Å². The van der Waals surface area contributed by atoms with E-state index in [0.717, 1.165) is 193 Å². The molecule has 0 heterocycles. The van der Waals surface area contributed by atoms with Crippen molar-refractivity contribution in [3.63, 3.8) is 0 Å². The van der Waals surface area contributed by atoms with E-state index >= 15 is 0 Å². The van der Waals surface area contributed by atoms with Crippen molar-refractivity contribution in [3.8, 4) is 0 Å². The van der Waals surface area contributed by atoms with E-state index in [9.17, 15) is 43.2 Å². The highest BCUT2D eigenvalue weighted by Gasteiger charge is 2.30. The molecular formula is C85H136O17P2. The lowest BCUT2D eigenvalue weighted by Gasteiger charge is -2.21. The van der Waals surface area contributed by atoms with Crippen molar-refractivity contribution in [3.05, 3.63) is 182 Å². The molecule has 0 radical (unpaired) electrons. The highest BCUT2D eigenvalue weighted by molar-refractivity contribution is 7.47. The molecule has 3 N–H and O–H groups in total. The van der Waals surface area contributed by atoms with Crippen LogP contribution in [-0.2, 0) is 65.4 Å². The molecule has 0 fully saturated rings. The number of hydrogen-bond donors (Lipinski definition) is 3. The second kappa shape index (κ2) is 75.4. The average molecular weight is 1490 g/mol. The van der Waals surface area contributed by atoms with Gasteiger partial charge in [0.2, 0.25) is 0 Å². The number of carbonyl (C=O) groups is 4. The number of phosphoric ester groups is 2. The molecule has 17 nitrogen and oxygen atoms in total. The van der Waals surface area contributed by atoms with Crippen LogP contribution in [0.5, 0.6) is 0 Å². The van der Waals surface area contributed by atoms with Gasteiger partial charge in [0.1, 0.15) is 19.3 Å². The molecule has 0 saturated heterocycles. The summed E-state index contributed by atoms with van der Waals surface area (Å²) < 4.78 is 68.4. The molecule has 104 heavy (non-hydrogen) atoms. The van der Waals surface area contributed by atoms with E-state index in [1.165, 1.54) is 0 Å². The normalized spacial score (nSPS) is 14.9. The lowest BCUT2D eigenvalue weighted by Crippen LogP contribution is -2.30. The Hall–Kier alpha value is -5.84. The summed E-state index contributed by atoms with van der Waals surface area (Å²) in [5.74, 6) is -2.40. The van der Waals surface area contributed by atoms with Gasteiger partial charge in [-0.15, -0.1) is 0 Å². The van der Waals surface area contributed by atoms with Crippen LogP contribution in [0.15, 0.2) is 182 Å². The van der Waals surface area contributed by atoms with Crippen LogP contribution < -0.4 is 0 Å². The minimum Gasteiger partial charge on any atom is -0.462 e. The Morgan fingerprint density at radius 2 is 0.538 bits per heavy atom. The molecule has 0 amide bonds. The zero-order valence-electron chi connectivity index (χ0n) is 64.1. The number of esters is 4. The molecule has 0 aromatic carbocycles. The molecule has 0 aliphatic rings.